The molecule has 1 saturated heterocycles. The van der Waals surface area contributed by atoms with Crippen LogP contribution in [0.2, 0.25) is 5.02 Å². The summed E-state index contributed by atoms with van der Waals surface area (Å²) in [6.07, 6.45) is 1.01. The summed E-state index contributed by atoms with van der Waals surface area (Å²) in [4.78, 5) is 5.15. The highest BCUT2D eigenvalue weighted by Crippen LogP contribution is 2.46. The van der Waals surface area contributed by atoms with Crippen molar-refractivity contribution >= 4 is 11.6 Å². The smallest absolute Gasteiger partial charge is 0.161 e. The predicted molar refractivity (Wildman–Crippen MR) is 129 cm³/mol. The maximum Gasteiger partial charge on any atom is 0.161 e. The van der Waals surface area contributed by atoms with E-state index in [1.807, 2.05) is 12.1 Å². The van der Waals surface area contributed by atoms with Crippen molar-refractivity contribution < 1.29 is 9.47 Å². The lowest BCUT2D eigenvalue weighted by atomic mass is 9.79. The molecule has 2 atom stereocenters. The molecule has 0 unspecified atom stereocenters. The minimum absolute atomic E-state index is 0.309. The predicted octanol–water partition coefficient (Wildman–Crippen LogP) is 5.51. The SMILES string of the molecule is COc1cc2c(cc1OC)[C@H]1[C@@H](c3ccccc3)CN(Cc3ccccc3Cl)CN1CC2. The first-order chi connectivity index (χ1) is 15.7. The number of halogens is 1. The van der Waals surface area contributed by atoms with E-state index in [0.29, 0.717) is 12.0 Å². The van der Waals surface area contributed by atoms with Gasteiger partial charge in [0.15, 0.2) is 11.5 Å². The van der Waals surface area contributed by atoms with Gasteiger partial charge in [-0.2, -0.15) is 0 Å². The molecule has 2 heterocycles. The minimum atomic E-state index is 0.309. The third kappa shape index (κ3) is 3.99. The summed E-state index contributed by atoms with van der Waals surface area (Å²) in [5.74, 6) is 1.97. The highest BCUT2D eigenvalue weighted by atomic mass is 35.5. The maximum absolute atomic E-state index is 6.50. The van der Waals surface area contributed by atoms with Crippen LogP contribution in [0.15, 0.2) is 66.7 Å². The molecule has 0 aliphatic carbocycles. The van der Waals surface area contributed by atoms with Gasteiger partial charge in [0.2, 0.25) is 0 Å². The Morgan fingerprint density at radius 1 is 0.938 bits per heavy atom. The molecule has 2 aliphatic rings. The van der Waals surface area contributed by atoms with E-state index >= 15 is 0 Å². The van der Waals surface area contributed by atoms with Crippen molar-refractivity contribution in [2.24, 2.45) is 0 Å². The molecule has 0 N–H and O–H groups in total. The van der Waals surface area contributed by atoms with E-state index in [9.17, 15) is 0 Å². The van der Waals surface area contributed by atoms with Crippen molar-refractivity contribution in [3.8, 4) is 11.5 Å². The average Bonchev–Trinajstić information content (AvgIpc) is 2.84. The fourth-order valence-electron chi connectivity index (χ4n) is 5.32. The summed E-state index contributed by atoms with van der Waals surface area (Å²) < 4.78 is 11.3. The van der Waals surface area contributed by atoms with E-state index in [4.69, 9.17) is 21.1 Å². The van der Waals surface area contributed by atoms with Crippen LogP contribution in [0.25, 0.3) is 0 Å². The fourth-order valence-corrected chi connectivity index (χ4v) is 5.52. The van der Waals surface area contributed by atoms with Gasteiger partial charge in [-0.15, -0.1) is 0 Å². The van der Waals surface area contributed by atoms with Gasteiger partial charge in [0.05, 0.1) is 20.9 Å². The molecule has 2 aliphatic heterocycles. The number of benzene rings is 3. The van der Waals surface area contributed by atoms with Crippen molar-refractivity contribution in [3.05, 3.63) is 94.0 Å². The van der Waals surface area contributed by atoms with Gasteiger partial charge in [0.1, 0.15) is 0 Å². The van der Waals surface area contributed by atoms with Crippen molar-refractivity contribution in [2.45, 2.75) is 24.9 Å². The number of nitrogens with zero attached hydrogens (tertiary/aromatic N) is 2. The number of rotatable bonds is 5. The van der Waals surface area contributed by atoms with E-state index in [1.165, 1.54) is 22.3 Å². The Bertz CT molecular complexity index is 1090. The maximum atomic E-state index is 6.50. The van der Waals surface area contributed by atoms with Crippen molar-refractivity contribution in [1.82, 2.24) is 9.80 Å². The molecule has 4 nitrogen and oxygen atoms in total. The molecule has 5 rings (SSSR count). The molecule has 0 bridgehead atoms. The van der Waals surface area contributed by atoms with Gasteiger partial charge < -0.3 is 9.47 Å². The summed E-state index contributed by atoms with van der Waals surface area (Å²) in [6.45, 7) is 3.78. The van der Waals surface area contributed by atoms with Crippen molar-refractivity contribution in [2.75, 3.05) is 34.0 Å². The molecule has 5 heteroatoms. The lowest BCUT2D eigenvalue weighted by Crippen LogP contribution is -2.52. The number of ether oxygens (including phenoxy) is 2. The summed E-state index contributed by atoms with van der Waals surface area (Å²) in [7, 11) is 3.42. The minimum Gasteiger partial charge on any atom is -0.493 e. The molecular formula is C27H29ClN2O2. The lowest BCUT2D eigenvalue weighted by molar-refractivity contribution is 0.0107. The van der Waals surface area contributed by atoms with E-state index in [0.717, 1.165) is 49.2 Å². The third-order valence-electron chi connectivity index (χ3n) is 6.82. The summed E-state index contributed by atoms with van der Waals surface area (Å²) in [6, 6.07) is 23.8. The zero-order valence-electron chi connectivity index (χ0n) is 18.6. The zero-order chi connectivity index (χ0) is 22.1. The van der Waals surface area contributed by atoms with Crippen molar-refractivity contribution in [3.63, 3.8) is 0 Å². The number of hydrogen-bond acceptors (Lipinski definition) is 4. The first-order valence-electron chi connectivity index (χ1n) is 11.2. The largest absolute Gasteiger partial charge is 0.493 e. The Kier molecular flexibility index (Phi) is 6.09. The lowest BCUT2D eigenvalue weighted by Gasteiger charge is -2.49. The standard InChI is InChI=1S/C27H29ClN2O2/c1-31-25-14-20-12-13-30-18-29(16-21-10-6-7-11-24(21)28)17-23(19-8-4-3-5-9-19)27(30)22(20)15-26(25)32-2/h3-11,14-15,23,27H,12-13,16-18H2,1-2H3/t23-,27+/m1/s1. The second kappa shape index (κ2) is 9.14. The van der Waals surface area contributed by atoms with Crippen LogP contribution in [0, 0.1) is 0 Å². The zero-order valence-corrected chi connectivity index (χ0v) is 19.4. The van der Waals surface area contributed by atoms with Crippen molar-refractivity contribution in [1.29, 1.82) is 0 Å². The molecule has 0 amide bonds. The third-order valence-corrected chi connectivity index (χ3v) is 7.19. The van der Waals surface area contributed by atoms with E-state index in [1.54, 1.807) is 14.2 Å². The Hall–Kier alpha value is -2.53. The van der Waals surface area contributed by atoms with Gasteiger partial charge in [0.25, 0.3) is 0 Å². The monoisotopic (exact) mass is 448 g/mol. The van der Waals surface area contributed by atoms with Gasteiger partial charge >= 0.3 is 0 Å². The molecular weight excluding hydrogens is 420 g/mol. The quantitative estimate of drug-likeness (QED) is 0.513. The van der Waals surface area contributed by atoms with Crippen LogP contribution in [0.1, 0.15) is 34.2 Å². The van der Waals surface area contributed by atoms with Crippen LogP contribution in [0.3, 0.4) is 0 Å². The van der Waals surface area contributed by atoms with Crippen LogP contribution in [0.4, 0.5) is 0 Å². The molecule has 32 heavy (non-hydrogen) atoms. The second-order valence-electron chi connectivity index (χ2n) is 8.67. The Labute approximate surface area is 195 Å². The molecule has 0 saturated carbocycles. The highest BCUT2D eigenvalue weighted by molar-refractivity contribution is 6.31. The number of hydrogen-bond donors (Lipinski definition) is 0. The first kappa shape index (κ1) is 21.3. The van der Waals surface area contributed by atoms with Crippen LogP contribution < -0.4 is 9.47 Å². The molecule has 0 aromatic heterocycles. The van der Waals surface area contributed by atoms with Crippen LogP contribution in [-0.2, 0) is 13.0 Å². The second-order valence-corrected chi connectivity index (χ2v) is 9.08. The molecule has 166 valence electrons. The van der Waals surface area contributed by atoms with E-state index < -0.39 is 0 Å². The normalized spacial score (nSPS) is 21.0. The molecule has 0 radical (unpaired) electrons. The summed E-state index contributed by atoms with van der Waals surface area (Å²) >= 11 is 6.50. The van der Waals surface area contributed by atoms with Crippen LogP contribution in [0.5, 0.6) is 11.5 Å². The fraction of sp³-hybridized carbons (Fsp3) is 0.333. The van der Waals surface area contributed by atoms with E-state index in [-0.39, 0.29) is 0 Å². The van der Waals surface area contributed by atoms with E-state index in [2.05, 4.69) is 64.4 Å². The highest BCUT2D eigenvalue weighted by Gasteiger charge is 2.40. The average molecular weight is 449 g/mol. The molecule has 1 fully saturated rings. The van der Waals surface area contributed by atoms with Gasteiger partial charge in [-0.3, -0.25) is 9.80 Å². The first-order valence-corrected chi connectivity index (χ1v) is 11.5. The Morgan fingerprint density at radius 3 is 2.41 bits per heavy atom. The van der Waals surface area contributed by atoms with Gasteiger partial charge in [-0.05, 0) is 46.9 Å². The van der Waals surface area contributed by atoms with Gasteiger partial charge in [-0.1, -0.05) is 60.1 Å². The summed E-state index contributed by atoms with van der Waals surface area (Å²) in [5, 5.41) is 0.840. The Balaban J connectivity index is 1.53. The van der Waals surface area contributed by atoms with Crippen LogP contribution >= 0.6 is 11.6 Å². The molecule has 0 spiro atoms. The topological polar surface area (TPSA) is 24.9 Å². The Morgan fingerprint density at radius 2 is 1.66 bits per heavy atom. The van der Waals surface area contributed by atoms with Crippen LogP contribution in [-0.4, -0.2) is 43.8 Å². The number of fused-ring (bicyclic) bond motifs is 3. The molecule has 3 aromatic carbocycles. The van der Waals surface area contributed by atoms with Gasteiger partial charge in [-0.25, -0.2) is 0 Å². The number of methoxy groups -OCH3 is 2. The molecule has 3 aromatic rings. The van der Waals surface area contributed by atoms with Gasteiger partial charge in [0, 0.05) is 36.6 Å². The summed E-state index contributed by atoms with van der Waals surface area (Å²) in [5.41, 5.74) is 5.28.